The molecule has 1 aromatic carbocycles. The molecule has 0 unspecified atom stereocenters. The molecule has 24 heavy (non-hydrogen) atoms. The van der Waals surface area contributed by atoms with Gasteiger partial charge in [0.15, 0.2) is 5.75 Å². The van der Waals surface area contributed by atoms with E-state index >= 15 is 0 Å². The Kier molecular flexibility index (Phi) is 4.04. The van der Waals surface area contributed by atoms with Crippen LogP contribution in [0.1, 0.15) is 37.2 Å². The van der Waals surface area contributed by atoms with Crippen molar-refractivity contribution in [1.29, 1.82) is 5.26 Å². The van der Waals surface area contributed by atoms with Crippen molar-refractivity contribution in [1.82, 2.24) is 0 Å². The molecular formula is C18H16N2O3S. The number of allylic oxidation sites excluding steroid dienone is 1. The molecule has 3 rings (SSSR count). The first-order valence-corrected chi connectivity index (χ1v) is 8.15. The lowest BCUT2D eigenvalue weighted by atomic mass is 9.87. The molecule has 0 saturated heterocycles. The van der Waals surface area contributed by atoms with Gasteiger partial charge in [0.05, 0.1) is 17.9 Å². The summed E-state index contributed by atoms with van der Waals surface area (Å²) in [4.78, 5) is 13.7. The zero-order valence-corrected chi connectivity index (χ0v) is 14.4. The molecule has 1 atom stereocenters. The summed E-state index contributed by atoms with van der Waals surface area (Å²) in [5.74, 6) is -0.395. The van der Waals surface area contributed by atoms with Crippen LogP contribution in [0.2, 0.25) is 0 Å². The van der Waals surface area contributed by atoms with E-state index in [0.29, 0.717) is 16.9 Å². The second-order valence-electron chi connectivity index (χ2n) is 5.56. The fourth-order valence-electron chi connectivity index (χ4n) is 2.90. The average Bonchev–Trinajstić information content (AvgIpc) is 2.88. The van der Waals surface area contributed by atoms with Crippen LogP contribution in [0.5, 0.6) is 5.75 Å². The minimum absolute atomic E-state index is 0.0273. The normalized spacial score (nSPS) is 16.2. The van der Waals surface area contributed by atoms with Gasteiger partial charge in [0.1, 0.15) is 17.2 Å². The van der Waals surface area contributed by atoms with Gasteiger partial charge in [-0.15, -0.1) is 11.3 Å². The molecule has 2 aromatic rings. The van der Waals surface area contributed by atoms with Crippen molar-refractivity contribution in [2.75, 3.05) is 7.11 Å². The van der Waals surface area contributed by atoms with Crippen LogP contribution in [0, 0.1) is 25.2 Å². The maximum Gasteiger partial charge on any atom is 0.342 e. The summed E-state index contributed by atoms with van der Waals surface area (Å²) in [7, 11) is 1.33. The zero-order chi connectivity index (χ0) is 17.4. The molecule has 6 heteroatoms. The van der Waals surface area contributed by atoms with Gasteiger partial charge in [-0.05, 0) is 19.4 Å². The summed E-state index contributed by atoms with van der Waals surface area (Å²) >= 11 is 1.42. The van der Waals surface area contributed by atoms with E-state index in [4.69, 9.17) is 15.2 Å². The third-order valence-corrected chi connectivity index (χ3v) is 5.13. The Hall–Kier alpha value is -2.78. The standard InChI is InChI=1S/C18H16N2O3S/c1-9-5-4-6-11(7-9)14-12(8-19)17(20)23-15-13(18(21)22-3)10(2)24-16(14)15/h4-7,14H,20H2,1-3H3/t14-/m0/s1. The van der Waals surface area contributed by atoms with Crippen molar-refractivity contribution < 1.29 is 14.3 Å². The van der Waals surface area contributed by atoms with Crippen LogP contribution < -0.4 is 10.5 Å². The summed E-state index contributed by atoms with van der Waals surface area (Å²) in [6.45, 7) is 3.82. The number of hydrogen-bond acceptors (Lipinski definition) is 6. The fourth-order valence-corrected chi connectivity index (χ4v) is 4.12. The highest BCUT2D eigenvalue weighted by atomic mass is 32.1. The molecule has 5 nitrogen and oxygen atoms in total. The fraction of sp³-hybridized carbons (Fsp3) is 0.222. The Morgan fingerprint density at radius 3 is 2.79 bits per heavy atom. The number of methoxy groups -OCH3 is 1. The number of aryl methyl sites for hydroxylation is 2. The third-order valence-electron chi connectivity index (χ3n) is 3.98. The lowest BCUT2D eigenvalue weighted by Crippen LogP contribution is -2.21. The van der Waals surface area contributed by atoms with Crippen molar-refractivity contribution >= 4 is 17.3 Å². The molecule has 2 heterocycles. The molecule has 1 aliphatic heterocycles. The molecule has 122 valence electrons. The number of thiophene rings is 1. The highest BCUT2D eigenvalue weighted by molar-refractivity contribution is 7.12. The quantitative estimate of drug-likeness (QED) is 0.847. The van der Waals surface area contributed by atoms with E-state index in [0.717, 1.165) is 20.9 Å². The molecule has 0 radical (unpaired) electrons. The van der Waals surface area contributed by atoms with Crippen LogP contribution in [0.3, 0.4) is 0 Å². The van der Waals surface area contributed by atoms with Gasteiger partial charge < -0.3 is 15.2 Å². The summed E-state index contributed by atoms with van der Waals surface area (Å²) < 4.78 is 10.5. The minimum atomic E-state index is -0.471. The van der Waals surface area contributed by atoms with Gasteiger partial charge >= 0.3 is 5.97 Å². The molecule has 0 fully saturated rings. The molecule has 0 bridgehead atoms. The van der Waals surface area contributed by atoms with Crippen LogP contribution in [0.15, 0.2) is 35.7 Å². The molecule has 0 aliphatic carbocycles. The number of carbonyl (C=O) groups excluding carboxylic acids is 1. The number of nitrogens with zero attached hydrogens (tertiary/aromatic N) is 1. The summed E-state index contributed by atoms with van der Waals surface area (Å²) in [6, 6.07) is 10.0. The minimum Gasteiger partial charge on any atom is -0.465 e. The van der Waals surface area contributed by atoms with Crippen LogP contribution in [0.25, 0.3) is 0 Å². The van der Waals surface area contributed by atoms with E-state index in [1.807, 2.05) is 38.1 Å². The molecule has 0 spiro atoms. The predicted octanol–water partition coefficient (Wildman–Crippen LogP) is 3.37. The Balaban J connectivity index is 2.26. The second-order valence-corrected chi connectivity index (χ2v) is 6.81. The van der Waals surface area contributed by atoms with Gasteiger partial charge in [0.2, 0.25) is 5.88 Å². The number of nitrogens with two attached hydrogens (primary N) is 1. The van der Waals surface area contributed by atoms with Gasteiger partial charge in [0, 0.05) is 4.88 Å². The third kappa shape index (κ3) is 2.43. The van der Waals surface area contributed by atoms with E-state index in [2.05, 4.69) is 6.07 Å². The summed E-state index contributed by atoms with van der Waals surface area (Å²) in [6.07, 6.45) is 0. The maximum absolute atomic E-state index is 12.1. The van der Waals surface area contributed by atoms with Gasteiger partial charge in [-0.1, -0.05) is 29.8 Å². The van der Waals surface area contributed by atoms with Crippen LogP contribution >= 0.6 is 11.3 Å². The van der Waals surface area contributed by atoms with E-state index in [1.165, 1.54) is 18.4 Å². The number of nitriles is 1. The Labute approximate surface area is 143 Å². The highest BCUT2D eigenvalue weighted by Gasteiger charge is 2.36. The topological polar surface area (TPSA) is 85.3 Å². The van der Waals surface area contributed by atoms with E-state index in [-0.39, 0.29) is 11.8 Å². The number of fused-ring (bicyclic) bond motifs is 1. The molecule has 2 N–H and O–H groups in total. The second kappa shape index (κ2) is 6.02. The Bertz CT molecular complexity index is 905. The van der Waals surface area contributed by atoms with Crippen LogP contribution in [-0.2, 0) is 4.74 Å². The van der Waals surface area contributed by atoms with Gasteiger partial charge in [-0.25, -0.2) is 4.79 Å². The van der Waals surface area contributed by atoms with Crippen molar-refractivity contribution in [3.8, 4) is 11.8 Å². The molecule has 1 aliphatic rings. The van der Waals surface area contributed by atoms with E-state index in [1.54, 1.807) is 0 Å². The summed E-state index contributed by atoms with van der Waals surface area (Å²) in [5, 5.41) is 9.56. The predicted molar refractivity (Wildman–Crippen MR) is 90.9 cm³/mol. The monoisotopic (exact) mass is 340 g/mol. The number of benzene rings is 1. The van der Waals surface area contributed by atoms with E-state index < -0.39 is 5.97 Å². The molecular weight excluding hydrogens is 324 g/mol. The zero-order valence-electron chi connectivity index (χ0n) is 13.5. The van der Waals surface area contributed by atoms with Gasteiger partial charge in [-0.3, -0.25) is 0 Å². The molecule has 0 amide bonds. The van der Waals surface area contributed by atoms with Crippen molar-refractivity contribution in [3.05, 3.63) is 62.2 Å². The average molecular weight is 340 g/mol. The number of ether oxygens (including phenoxy) is 2. The first-order valence-electron chi connectivity index (χ1n) is 7.33. The maximum atomic E-state index is 12.1. The first kappa shape index (κ1) is 16.1. The van der Waals surface area contributed by atoms with Crippen molar-refractivity contribution in [3.63, 3.8) is 0 Å². The number of hydrogen-bond donors (Lipinski definition) is 1. The Morgan fingerprint density at radius 1 is 1.42 bits per heavy atom. The number of carbonyl (C=O) groups is 1. The SMILES string of the molecule is COC(=O)c1c(C)sc2c1OC(N)=C(C#N)[C@@H]2c1cccc(C)c1. The van der Waals surface area contributed by atoms with Gasteiger partial charge in [-0.2, -0.15) is 5.26 Å². The number of esters is 1. The largest absolute Gasteiger partial charge is 0.465 e. The first-order chi connectivity index (χ1) is 11.5. The molecule has 0 saturated carbocycles. The van der Waals surface area contributed by atoms with Crippen LogP contribution in [0.4, 0.5) is 0 Å². The lowest BCUT2D eigenvalue weighted by molar-refractivity contribution is 0.0597. The molecule has 1 aromatic heterocycles. The number of rotatable bonds is 2. The van der Waals surface area contributed by atoms with E-state index in [9.17, 15) is 10.1 Å². The van der Waals surface area contributed by atoms with Gasteiger partial charge in [0.25, 0.3) is 0 Å². The highest BCUT2D eigenvalue weighted by Crippen LogP contribution is 2.49. The smallest absolute Gasteiger partial charge is 0.342 e. The van der Waals surface area contributed by atoms with Crippen LogP contribution in [-0.4, -0.2) is 13.1 Å². The van der Waals surface area contributed by atoms with Crippen molar-refractivity contribution in [2.24, 2.45) is 5.73 Å². The lowest BCUT2D eigenvalue weighted by Gasteiger charge is -2.24. The Morgan fingerprint density at radius 2 is 2.17 bits per heavy atom. The van der Waals surface area contributed by atoms with Crippen molar-refractivity contribution in [2.45, 2.75) is 19.8 Å². The summed E-state index contributed by atoms with van der Waals surface area (Å²) in [5.41, 5.74) is 8.72.